The monoisotopic (exact) mass is 143 g/mol. The Hall–Kier alpha value is -0.570. The first-order chi connectivity index (χ1) is 4.72. The molecule has 0 spiro atoms. The molecule has 10 heavy (non-hydrogen) atoms. The predicted octanol–water partition coefficient (Wildman–Crippen LogP) is -1.46. The predicted molar refractivity (Wildman–Crippen MR) is 33.6 cm³/mol. The fraction of sp³-hybridized carbons (Fsp3) is 0.857. The summed E-state index contributed by atoms with van der Waals surface area (Å²) in [4.78, 5) is 10.4. The molecule has 1 saturated carbocycles. The van der Waals surface area contributed by atoms with Gasteiger partial charge in [-0.05, 0) is 19.3 Å². The summed E-state index contributed by atoms with van der Waals surface area (Å²) in [6.07, 6.45) is 3.84. The van der Waals surface area contributed by atoms with Gasteiger partial charge in [0.25, 0.3) is 0 Å². The van der Waals surface area contributed by atoms with Gasteiger partial charge in [0.15, 0.2) is 0 Å². The number of aliphatic carboxylic acids is 1. The lowest BCUT2D eigenvalue weighted by atomic mass is 9.85. The number of carboxylic acid groups (broad SMARTS) is 1. The van der Waals surface area contributed by atoms with Crippen molar-refractivity contribution >= 4 is 5.97 Å². The minimum absolute atomic E-state index is 0.0822. The molecule has 1 rings (SSSR count). The molecule has 1 aliphatic carbocycles. The first kappa shape index (κ1) is 7.54. The van der Waals surface area contributed by atoms with E-state index in [1.165, 1.54) is 0 Å². The topological polar surface area (TPSA) is 67.8 Å². The van der Waals surface area contributed by atoms with Crippen molar-refractivity contribution in [2.45, 2.75) is 31.7 Å². The Bertz CT molecular complexity index is 136. The standard InChI is InChI=1S/C7H13NO2/c8-6-4-2-1-3-5(6)7(9)10/h5-6H,1-4,8H2,(H,9,10)/t5-,6-/m0/s1. The average Bonchev–Trinajstić information content (AvgIpc) is 1.88. The van der Waals surface area contributed by atoms with E-state index in [9.17, 15) is 9.90 Å². The molecule has 0 amide bonds. The Labute approximate surface area is 60.2 Å². The Kier molecular flexibility index (Phi) is 2.27. The van der Waals surface area contributed by atoms with Crippen molar-refractivity contribution < 1.29 is 15.6 Å². The molecule has 1 aliphatic rings. The number of carboxylic acids is 1. The lowest BCUT2D eigenvalue weighted by molar-refractivity contribution is -0.441. The third kappa shape index (κ3) is 1.48. The fourth-order valence-electron chi connectivity index (χ4n) is 1.52. The highest BCUT2D eigenvalue weighted by Crippen LogP contribution is 2.20. The van der Waals surface area contributed by atoms with Gasteiger partial charge in [0, 0.05) is 0 Å². The van der Waals surface area contributed by atoms with Crippen molar-refractivity contribution in [3.05, 3.63) is 0 Å². The molecule has 3 N–H and O–H groups in total. The van der Waals surface area contributed by atoms with Gasteiger partial charge in [-0.25, -0.2) is 0 Å². The van der Waals surface area contributed by atoms with Crippen LogP contribution in [-0.4, -0.2) is 12.0 Å². The fourth-order valence-corrected chi connectivity index (χ4v) is 1.52. The van der Waals surface area contributed by atoms with Crippen LogP contribution in [0, 0.1) is 5.92 Å². The van der Waals surface area contributed by atoms with E-state index in [1.807, 2.05) is 0 Å². The second kappa shape index (κ2) is 3.01. The smallest absolute Gasteiger partial charge is 0.0924 e. The van der Waals surface area contributed by atoms with Crippen molar-refractivity contribution in [1.82, 2.24) is 0 Å². The molecule has 0 heterocycles. The molecule has 2 atom stereocenters. The van der Waals surface area contributed by atoms with Gasteiger partial charge in [-0.1, -0.05) is 6.42 Å². The summed E-state index contributed by atoms with van der Waals surface area (Å²) in [5.74, 6) is -1.20. The highest BCUT2D eigenvalue weighted by atomic mass is 16.4. The summed E-state index contributed by atoms with van der Waals surface area (Å²) in [6.45, 7) is 0. The van der Waals surface area contributed by atoms with Crippen LogP contribution in [0.15, 0.2) is 0 Å². The molecule has 0 radical (unpaired) electrons. The van der Waals surface area contributed by atoms with Crippen LogP contribution in [0.5, 0.6) is 0 Å². The van der Waals surface area contributed by atoms with Gasteiger partial charge < -0.3 is 15.6 Å². The molecule has 0 unspecified atom stereocenters. The molecule has 0 saturated heterocycles. The van der Waals surface area contributed by atoms with Gasteiger partial charge in [0.2, 0.25) is 0 Å². The first-order valence-corrected chi connectivity index (χ1v) is 3.76. The zero-order valence-electron chi connectivity index (χ0n) is 6.01. The number of hydrogen-bond acceptors (Lipinski definition) is 2. The highest BCUT2D eigenvalue weighted by Gasteiger charge is 2.25. The number of carbonyl (C=O) groups excluding carboxylic acids is 1. The second-order valence-electron chi connectivity index (χ2n) is 2.97. The van der Waals surface area contributed by atoms with Crippen LogP contribution in [-0.2, 0) is 4.79 Å². The zero-order valence-corrected chi connectivity index (χ0v) is 6.01. The van der Waals surface area contributed by atoms with Crippen LogP contribution in [0.2, 0.25) is 0 Å². The minimum atomic E-state index is -0.917. The molecule has 0 aromatic heterocycles. The van der Waals surface area contributed by atoms with Crippen molar-refractivity contribution in [1.29, 1.82) is 0 Å². The maximum absolute atomic E-state index is 10.4. The zero-order chi connectivity index (χ0) is 7.56. The van der Waals surface area contributed by atoms with Crippen molar-refractivity contribution in [2.75, 3.05) is 0 Å². The van der Waals surface area contributed by atoms with Crippen LogP contribution in [0.1, 0.15) is 25.7 Å². The van der Waals surface area contributed by atoms with Gasteiger partial charge in [-0.2, -0.15) is 0 Å². The Morgan fingerprint density at radius 3 is 2.40 bits per heavy atom. The van der Waals surface area contributed by atoms with Crippen LogP contribution in [0.25, 0.3) is 0 Å². The molecule has 3 nitrogen and oxygen atoms in total. The van der Waals surface area contributed by atoms with E-state index in [1.54, 1.807) is 0 Å². The van der Waals surface area contributed by atoms with E-state index in [-0.39, 0.29) is 12.0 Å². The van der Waals surface area contributed by atoms with Gasteiger partial charge in [0.1, 0.15) is 0 Å². The number of rotatable bonds is 1. The average molecular weight is 143 g/mol. The Morgan fingerprint density at radius 2 is 2.00 bits per heavy atom. The van der Waals surface area contributed by atoms with Crippen molar-refractivity contribution in [3.63, 3.8) is 0 Å². The van der Waals surface area contributed by atoms with Gasteiger partial charge in [-0.15, -0.1) is 0 Å². The Morgan fingerprint density at radius 1 is 1.40 bits per heavy atom. The first-order valence-electron chi connectivity index (χ1n) is 3.76. The van der Waals surface area contributed by atoms with Gasteiger partial charge in [0.05, 0.1) is 17.9 Å². The van der Waals surface area contributed by atoms with Crippen LogP contribution in [0.3, 0.4) is 0 Å². The minimum Gasteiger partial charge on any atom is -0.550 e. The Balaban J connectivity index is 2.47. The number of hydrogen-bond donors (Lipinski definition) is 1. The summed E-state index contributed by atoms with van der Waals surface area (Å²) in [6, 6.07) is 0.0822. The highest BCUT2D eigenvalue weighted by molar-refractivity contribution is 5.68. The molecular weight excluding hydrogens is 130 g/mol. The lowest BCUT2D eigenvalue weighted by Gasteiger charge is -2.26. The third-order valence-electron chi connectivity index (χ3n) is 2.21. The summed E-state index contributed by atoms with van der Waals surface area (Å²) < 4.78 is 0. The van der Waals surface area contributed by atoms with E-state index >= 15 is 0 Å². The van der Waals surface area contributed by atoms with E-state index in [0.717, 1.165) is 25.7 Å². The third-order valence-corrected chi connectivity index (χ3v) is 2.21. The second-order valence-corrected chi connectivity index (χ2v) is 2.97. The molecule has 0 aliphatic heterocycles. The summed E-state index contributed by atoms with van der Waals surface area (Å²) in [5, 5.41) is 10.4. The summed E-state index contributed by atoms with van der Waals surface area (Å²) in [7, 11) is 0. The maximum atomic E-state index is 10.4. The van der Waals surface area contributed by atoms with Crippen LogP contribution in [0.4, 0.5) is 0 Å². The van der Waals surface area contributed by atoms with Gasteiger partial charge >= 0.3 is 0 Å². The van der Waals surface area contributed by atoms with E-state index in [4.69, 9.17) is 0 Å². The lowest BCUT2D eigenvalue weighted by Crippen LogP contribution is -2.67. The quantitative estimate of drug-likeness (QED) is 0.487. The van der Waals surface area contributed by atoms with Crippen molar-refractivity contribution in [2.24, 2.45) is 5.92 Å². The largest absolute Gasteiger partial charge is 0.550 e. The molecule has 0 aromatic carbocycles. The SMILES string of the molecule is [NH3+][C@H]1CCCC[C@@H]1C(=O)[O-]. The summed E-state index contributed by atoms with van der Waals surface area (Å²) in [5.41, 5.74) is 3.78. The summed E-state index contributed by atoms with van der Waals surface area (Å²) >= 11 is 0. The molecule has 3 heteroatoms. The number of carbonyl (C=O) groups is 1. The van der Waals surface area contributed by atoms with Crippen LogP contribution < -0.4 is 10.8 Å². The molecule has 1 fully saturated rings. The molecule has 58 valence electrons. The molecule has 0 bridgehead atoms. The molecular formula is C7H13NO2. The normalized spacial score (nSPS) is 33.7. The van der Waals surface area contributed by atoms with Gasteiger partial charge in [-0.3, -0.25) is 0 Å². The van der Waals surface area contributed by atoms with E-state index in [2.05, 4.69) is 5.73 Å². The maximum Gasteiger partial charge on any atom is 0.0924 e. The van der Waals surface area contributed by atoms with E-state index in [0.29, 0.717) is 0 Å². The van der Waals surface area contributed by atoms with Crippen molar-refractivity contribution in [3.8, 4) is 0 Å². The van der Waals surface area contributed by atoms with Crippen LogP contribution >= 0.6 is 0 Å². The number of quaternary nitrogens is 1. The molecule has 0 aromatic rings. The van der Waals surface area contributed by atoms with E-state index < -0.39 is 5.97 Å².